The van der Waals surface area contributed by atoms with Crippen LogP contribution in [-0.2, 0) is 6.54 Å². The van der Waals surface area contributed by atoms with E-state index in [1.807, 2.05) is 23.6 Å². The van der Waals surface area contributed by atoms with E-state index < -0.39 is 5.91 Å². The maximum atomic E-state index is 13.1. The van der Waals surface area contributed by atoms with Crippen molar-refractivity contribution in [3.63, 3.8) is 0 Å². The van der Waals surface area contributed by atoms with Gasteiger partial charge in [0, 0.05) is 16.0 Å². The van der Waals surface area contributed by atoms with E-state index in [9.17, 15) is 9.18 Å². The van der Waals surface area contributed by atoms with Gasteiger partial charge < -0.3 is 0 Å². The summed E-state index contributed by atoms with van der Waals surface area (Å²) >= 11 is 13.9. The SMILES string of the molecule is Cc1nn(Cc2ccc(F)cc2)c(Cl)c1C(=O)Nc1nc(-c2ccccc2Cl)cs1. The summed E-state index contributed by atoms with van der Waals surface area (Å²) in [6.45, 7) is 2.03. The Hall–Kier alpha value is -2.74. The number of carbonyl (C=O) groups is 1. The van der Waals surface area contributed by atoms with E-state index in [-0.39, 0.29) is 16.5 Å². The number of amides is 1. The van der Waals surface area contributed by atoms with E-state index in [1.54, 1.807) is 25.1 Å². The fraction of sp³-hybridized carbons (Fsp3) is 0.0952. The van der Waals surface area contributed by atoms with Crippen LogP contribution in [0.1, 0.15) is 21.6 Å². The summed E-state index contributed by atoms with van der Waals surface area (Å²) in [4.78, 5) is 17.3. The van der Waals surface area contributed by atoms with Crippen molar-refractivity contribution < 1.29 is 9.18 Å². The fourth-order valence-corrected chi connectivity index (χ4v) is 4.22. The van der Waals surface area contributed by atoms with Gasteiger partial charge in [0.05, 0.1) is 23.5 Å². The first kappa shape index (κ1) is 20.5. The molecule has 0 aliphatic carbocycles. The van der Waals surface area contributed by atoms with Gasteiger partial charge >= 0.3 is 0 Å². The van der Waals surface area contributed by atoms with Crippen molar-refractivity contribution in [2.75, 3.05) is 5.32 Å². The predicted octanol–water partition coefficient (Wildman–Crippen LogP) is 6.06. The van der Waals surface area contributed by atoms with E-state index in [0.717, 1.165) is 11.1 Å². The Labute approximate surface area is 186 Å². The average molecular weight is 461 g/mol. The van der Waals surface area contributed by atoms with Crippen LogP contribution >= 0.6 is 34.5 Å². The number of anilines is 1. The van der Waals surface area contributed by atoms with E-state index in [4.69, 9.17) is 23.2 Å². The second kappa shape index (κ2) is 8.55. The molecule has 0 saturated heterocycles. The van der Waals surface area contributed by atoms with Gasteiger partial charge in [-0.05, 0) is 30.7 Å². The molecule has 30 heavy (non-hydrogen) atoms. The van der Waals surface area contributed by atoms with Gasteiger partial charge in [0.2, 0.25) is 0 Å². The van der Waals surface area contributed by atoms with Crippen LogP contribution in [0.2, 0.25) is 10.2 Å². The van der Waals surface area contributed by atoms with E-state index in [2.05, 4.69) is 15.4 Å². The van der Waals surface area contributed by atoms with Gasteiger partial charge in [0.1, 0.15) is 11.0 Å². The zero-order valence-electron chi connectivity index (χ0n) is 15.7. The standard InChI is InChI=1S/C21H15Cl2FN4OS/c1-12-18(19(23)28(27-12)10-13-6-8-14(24)9-7-13)20(29)26-21-25-17(11-30-21)15-4-2-3-5-16(15)22/h2-9,11H,10H2,1H3,(H,25,26,29). The number of aromatic nitrogens is 3. The third-order valence-electron chi connectivity index (χ3n) is 4.41. The largest absolute Gasteiger partial charge is 0.298 e. The topological polar surface area (TPSA) is 59.8 Å². The molecule has 1 N–H and O–H groups in total. The average Bonchev–Trinajstić information content (AvgIpc) is 3.28. The number of hydrogen-bond donors (Lipinski definition) is 1. The number of halogens is 3. The molecule has 0 saturated carbocycles. The monoisotopic (exact) mass is 460 g/mol. The molecule has 0 bridgehead atoms. The third kappa shape index (κ3) is 4.23. The number of aryl methyl sites for hydroxylation is 1. The zero-order valence-corrected chi connectivity index (χ0v) is 18.0. The second-order valence-electron chi connectivity index (χ2n) is 6.51. The highest BCUT2D eigenvalue weighted by molar-refractivity contribution is 7.14. The minimum atomic E-state index is -0.400. The molecule has 9 heteroatoms. The second-order valence-corrected chi connectivity index (χ2v) is 8.13. The highest BCUT2D eigenvalue weighted by atomic mass is 35.5. The highest BCUT2D eigenvalue weighted by Crippen LogP contribution is 2.31. The predicted molar refractivity (Wildman–Crippen MR) is 118 cm³/mol. The van der Waals surface area contributed by atoms with Crippen molar-refractivity contribution in [1.29, 1.82) is 0 Å². The summed E-state index contributed by atoms with van der Waals surface area (Å²) in [7, 11) is 0. The van der Waals surface area contributed by atoms with Crippen molar-refractivity contribution >= 4 is 45.6 Å². The van der Waals surface area contributed by atoms with Gasteiger partial charge in [0.15, 0.2) is 5.13 Å². The number of carbonyl (C=O) groups excluding carboxylic acids is 1. The summed E-state index contributed by atoms with van der Waals surface area (Å²) in [5.41, 5.74) is 3.04. The molecule has 0 aliphatic heterocycles. The first-order valence-corrected chi connectivity index (χ1v) is 10.5. The van der Waals surface area contributed by atoms with E-state index in [1.165, 1.54) is 28.2 Å². The molecule has 4 rings (SSSR count). The van der Waals surface area contributed by atoms with Crippen LogP contribution in [0, 0.1) is 12.7 Å². The van der Waals surface area contributed by atoms with Crippen molar-refractivity contribution in [3.8, 4) is 11.3 Å². The molecule has 5 nitrogen and oxygen atoms in total. The number of hydrogen-bond acceptors (Lipinski definition) is 4. The first-order chi connectivity index (χ1) is 14.4. The number of thiazole rings is 1. The molecular formula is C21H15Cl2FN4OS. The van der Waals surface area contributed by atoms with Crippen LogP contribution < -0.4 is 5.32 Å². The van der Waals surface area contributed by atoms with Crippen LogP contribution in [0.5, 0.6) is 0 Å². The fourth-order valence-electron chi connectivity index (χ4n) is 2.96. The molecule has 2 aromatic heterocycles. The molecule has 2 heterocycles. The van der Waals surface area contributed by atoms with Gasteiger partial charge in [0.25, 0.3) is 5.91 Å². The number of nitrogens with zero attached hydrogens (tertiary/aromatic N) is 3. The highest BCUT2D eigenvalue weighted by Gasteiger charge is 2.21. The van der Waals surface area contributed by atoms with Gasteiger partial charge in [-0.3, -0.25) is 10.1 Å². The Morgan fingerprint density at radius 1 is 1.17 bits per heavy atom. The molecule has 0 radical (unpaired) electrons. The molecule has 0 atom stereocenters. The quantitative estimate of drug-likeness (QED) is 0.393. The minimum absolute atomic E-state index is 0.206. The molecule has 2 aromatic carbocycles. The van der Waals surface area contributed by atoms with Crippen molar-refractivity contribution in [1.82, 2.24) is 14.8 Å². The molecule has 1 amide bonds. The Morgan fingerprint density at radius 2 is 1.90 bits per heavy atom. The number of rotatable bonds is 5. The summed E-state index contributed by atoms with van der Waals surface area (Å²) in [5, 5.41) is 10.2. The molecule has 0 aliphatic rings. The van der Waals surface area contributed by atoms with Crippen LogP contribution in [0.3, 0.4) is 0 Å². The van der Waals surface area contributed by atoms with E-state index >= 15 is 0 Å². The lowest BCUT2D eigenvalue weighted by Gasteiger charge is -2.04. The summed E-state index contributed by atoms with van der Waals surface area (Å²) in [6, 6.07) is 13.4. The molecule has 152 valence electrons. The molecule has 0 spiro atoms. The smallest absolute Gasteiger partial charge is 0.262 e. The molecule has 0 unspecified atom stereocenters. The Kier molecular flexibility index (Phi) is 5.85. The van der Waals surface area contributed by atoms with Crippen LogP contribution in [0.25, 0.3) is 11.3 Å². The van der Waals surface area contributed by atoms with Crippen LogP contribution in [-0.4, -0.2) is 20.7 Å². The molecule has 4 aromatic rings. The Balaban J connectivity index is 1.53. The zero-order chi connectivity index (χ0) is 21.3. The summed E-state index contributed by atoms with van der Waals surface area (Å²) in [5.74, 6) is -0.718. The summed E-state index contributed by atoms with van der Waals surface area (Å²) in [6.07, 6.45) is 0. The van der Waals surface area contributed by atoms with Crippen molar-refractivity contribution in [2.45, 2.75) is 13.5 Å². The van der Waals surface area contributed by atoms with Crippen molar-refractivity contribution in [3.05, 3.63) is 86.7 Å². The normalized spacial score (nSPS) is 10.9. The maximum absolute atomic E-state index is 13.1. The Morgan fingerprint density at radius 3 is 2.63 bits per heavy atom. The third-order valence-corrected chi connectivity index (χ3v) is 5.88. The minimum Gasteiger partial charge on any atom is -0.298 e. The number of nitrogens with one attached hydrogen (secondary N) is 1. The van der Waals surface area contributed by atoms with Gasteiger partial charge in [-0.1, -0.05) is 53.5 Å². The first-order valence-electron chi connectivity index (χ1n) is 8.91. The lowest BCUT2D eigenvalue weighted by Crippen LogP contribution is -2.13. The Bertz CT molecular complexity index is 1220. The van der Waals surface area contributed by atoms with Crippen LogP contribution in [0.4, 0.5) is 9.52 Å². The van der Waals surface area contributed by atoms with Gasteiger partial charge in [-0.2, -0.15) is 5.10 Å². The number of benzene rings is 2. The molecule has 0 fully saturated rings. The van der Waals surface area contributed by atoms with Gasteiger partial charge in [-0.25, -0.2) is 14.1 Å². The lowest BCUT2D eigenvalue weighted by molar-refractivity contribution is 0.102. The van der Waals surface area contributed by atoms with Crippen molar-refractivity contribution in [2.24, 2.45) is 0 Å². The lowest BCUT2D eigenvalue weighted by atomic mass is 10.2. The summed E-state index contributed by atoms with van der Waals surface area (Å²) < 4.78 is 14.6. The van der Waals surface area contributed by atoms with E-state index in [0.29, 0.717) is 28.1 Å². The molecular weight excluding hydrogens is 446 g/mol. The van der Waals surface area contributed by atoms with Crippen LogP contribution in [0.15, 0.2) is 53.9 Å². The maximum Gasteiger partial charge on any atom is 0.262 e. The van der Waals surface area contributed by atoms with Gasteiger partial charge in [-0.15, -0.1) is 11.3 Å².